The van der Waals surface area contributed by atoms with Crippen LogP contribution in [0, 0.1) is 11.8 Å². The lowest BCUT2D eigenvalue weighted by molar-refractivity contribution is -0.143. The highest BCUT2D eigenvalue weighted by atomic mass is 35.5. The SMILES string of the molecule is CCOC(=O)Cn1c2nc(NCC3CC(C)C3)ccc2c(=O)c2ccc(Cl)c(SC)c21. The van der Waals surface area contributed by atoms with Crippen LogP contribution >= 0.6 is 23.4 Å². The summed E-state index contributed by atoms with van der Waals surface area (Å²) in [6.07, 6.45) is 4.33. The average Bonchev–Trinajstić information content (AvgIpc) is 2.73. The third-order valence-corrected chi connectivity index (χ3v) is 7.06. The van der Waals surface area contributed by atoms with Crippen LogP contribution in [-0.2, 0) is 16.1 Å². The van der Waals surface area contributed by atoms with E-state index in [4.69, 9.17) is 21.3 Å². The number of hydrogen-bond acceptors (Lipinski definition) is 6. The fraction of sp³-hybridized carbons (Fsp3) is 0.435. The minimum atomic E-state index is -0.385. The van der Waals surface area contributed by atoms with Crippen LogP contribution in [0.2, 0.25) is 5.02 Å². The molecule has 0 bridgehead atoms. The number of pyridine rings is 2. The highest BCUT2D eigenvalue weighted by molar-refractivity contribution is 7.99. The Morgan fingerprint density at radius 2 is 2.03 bits per heavy atom. The van der Waals surface area contributed by atoms with Crippen LogP contribution in [0.25, 0.3) is 21.9 Å². The quantitative estimate of drug-likeness (QED) is 0.306. The van der Waals surface area contributed by atoms with Crippen LogP contribution in [0.4, 0.5) is 5.82 Å². The molecule has 1 saturated carbocycles. The van der Waals surface area contributed by atoms with Crippen molar-refractivity contribution in [3.8, 4) is 0 Å². The van der Waals surface area contributed by atoms with Gasteiger partial charge in [0.05, 0.1) is 27.4 Å². The molecule has 2 aromatic heterocycles. The largest absolute Gasteiger partial charge is 0.465 e. The van der Waals surface area contributed by atoms with Crippen molar-refractivity contribution >= 4 is 57.1 Å². The Bertz CT molecular complexity index is 1200. The molecule has 0 saturated heterocycles. The predicted molar refractivity (Wildman–Crippen MR) is 127 cm³/mol. The molecule has 4 rings (SSSR count). The average molecular weight is 460 g/mol. The van der Waals surface area contributed by atoms with Gasteiger partial charge >= 0.3 is 5.97 Å². The van der Waals surface area contributed by atoms with E-state index in [2.05, 4.69) is 12.2 Å². The van der Waals surface area contributed by atoms with Crippen molar-refractivity contribution in [3.63, 3.8) is 0 Å². The number of carbonyl (C=O) groups is 1. The molecule has 6 nitrogen and oxygen atoms in total. The van der Waals surface area contributed by atoms with Crippen molar-refractivity contribution in [1.29, 1.82) is 0 Å². The standard InChI is InChI=1S/C23H26ClN3O3S/c1-4-30-19(28)12-27-20-15(5-7-17(24)22(20)31-3)21(29)16-6-8-18(26-23(16)27)25-11-14-9-13(2)10-14/h5-8,13-14H,4,9-12H2,1-3H3,(H,25,26). The summed E-state index contributed by atoms with van der Waals surface area (Å²) in [5.41, 5.74) is 0.946. The third kappa shape index (κ3) is 4.26. The second kappa shape index (κ2) is 9.09. The maximum atomic E-state index is 13.3. The van der Waals surface area contributed by atoms with Gasteiger partial charge < -0.3 is 14.6 Å². The molecule has 1 aliphatic rings. The second-order valence-corrected chi connectivity index (χ2v) is 9.31. The van der Waals surface area contributed by atoms with E-state index in [0.717, 1.165) is 17.4 Å². The van der Waals surface area contributed by atoms with Crippen LogP contribution in [0.1, 0.15) is 26.7 Å². The Labute approximate surface area is 190 Å². The van der Waals surface area contributed by atoms with Crippen molar-refractivity contribution < 1.29 is 9.53 Å². The summed E-state index contributed by atoms with van der Waals surface area (Å²) < 4.78 is 6.96. The van der Waals surface area contributed by atoms with Crippen molar-refractivity contribution in [2.24, 2.45) is 11.8 Å². The van der Waals surface area contributed by atoms with Gasteiger partial charge in [-0.25, -0.2) is 4.98 Å². The normalized spacial score (nSPS) is 18.2. The number of rotatable bonds is 7. The Kier molecular flexibility index (Phi) is 6.44. The topological polar surface area (TPSA) is 73.2 Å². The summed E-state index contributed by atoms with van der Waals surface area (Å²) in [5.74, 6) is 1.74. The van der Waals surface area contributed by atoms with Gasteiger partial charge in [0.25, 0.3) is 0 Å². The molecule has 0 spiro atoms. The number of thioether (sulfide) groups is 1. The summed E-state index contributed by atoms with van der Waals surface area (Å²) in [4.78, 5) is 31.2. The smallest absolute Gasteiger partial charge is 0.326 e. The van der Waals surface area contributed by atoms with Crippen LogP contribution in [0.5, 0.6) is 0 Å². The van der Waals surface area contributed by atoms with E-state index in [1.807, 2.05) is 12.3 Å². The van der Waals surface area contributed by atoms with E-state index in [0.29, 0.717) is 38.7 Å². The Balaban J connectivity index is 1.88. The molecule has 1 aromatic carbocycles. The van der Waals surface area contributed by atoms with E-state index in [-0.39, 0.29) is 24.5 Å². The molecule has 0 unspecified atom stereocenters. The van der Waals surface area contributed by atoms with Gasteiger partial charge in [-0.3, -0.25) is 9.59 Å². The number of nitrogens with one attached hydrogen (secondary N) is 1. The van der Waals surface area contributed by atoms with Crippen molar-refractivity contribution in [3.05, 3.63) is 39.5 Å². The number of carbonyl (C=O) groups excluding carboxylic acids is 1. The first kappa shape index (κ1) is 22.0. The zero-order chi connectivity index (χ0) is 22.1. The monoisotopic (exact) mass is 459 g/mol. The Morgan fingerprint density at radius 1 is 1.29 bits per heavy atom. The van der Waals surface area contributed by atoms with Gasteiger partial charge in [-0.15, -0.1) is 11.8 Å². The third-order valence-electron chi connectivity index (χ3n) is 5.81. The number of esters is 1. The molecule has 164 valence electrons. The maximum Gasteiger partial charge on any atom is 0.326 e. The lowest BCUT2D eigenvalue weighted by Gasteiger charge is -2.32. The summed E-state index contributed by atoms with van der Waals surface area (Å²) >= 11 is 7.88. The fourth-order valence-electron chi connectivity index (χ4n) is 4.35. The van der Waals surface area contributed by atoms with Crippen LogP contribution in [0.3, 0.4) is 0 Å². The molecule has 2 heterocycles. The van der Waals surface area contributed by atoms with Gasteiger partial charge in [0.2, 0.25) is 0 Å². The summed E-state index contributed by atoms with van der Waals surface area (Å²) in [7, 11) is 0. The molecule has 1 fully saturated rings. The molecule has 0 atom stereocenters. The van der Waals surface area contributed by atoms with Gasteiger partial charge in [-0.2, -0.15) is 0 Å². The zero-order valence-corrected chi connectivity index (χ0v) is 19.5. The van der Waals surface area contributed by atoms with E-state index in [9.17, 15) is 9.59 Å². The lowest BCUT2D eigenvalue weighted by Crippen LogP contribution is -2.28. The number of aromatic nitrogens is 2. The van der Waals surface area contributed by atoms with E-state index in [1.54, 1.807) is 29.7 Å². The molecule has 0 radical (unpaired) electrons. The van der Waals surface area contributed by atoms with Crippen LogP contribution in [0.15, 0.2) is 34.0 Å². The molecule has 8 heteroatoms. The first-order valence-electron chi connectivity index (χ1n) is 10.5. The summed E-state index contributed by atoms with van der Waals surface area (Å²) in [5, 5.41) is 4.91. The first-order chi connectivity index (χ1) is 14.9. The number of halogens is 1. The second-order valence-electron chi connectivity index (χ2n) is 8.09. The van der Waals surface area contributed by atoms with Gasteiger partial charge in [0, 0.05) is 11.9 Å². The highest BCUT2D eigenvalue weighted by Crippen LogP contribution is 2.35. The molecule has 1 N–H and O–H groups in total. The van der Waals surface area contributed by atoms with Crippen molar-refractivity contribution in [2.45, 2.75) is 38.1 Å². The van der Waals surface area contributed by atoms with Gasteiger partial charge in [0.1, 0.15) is 18.0 Å². The Hall–Kier alpha value is -2.25. The minimum Gasteiger partial charge on any atom is -0.465 e. The minimum absolute atomic E-state index is 0.0500. The molecule has 3 aromatic rings. The van der Waals surface area contributed by atoms with Crippen LogP contribution < -0.4 is 10.7 Å². The lowest BCUT2D eigenvalue weighted by atomic mass is 9.76. The Morgan fingerprint density at radius 3 is 2.71 bits per heavy atom. The van der Waals surface area contributed by atoms with Gasteiger partial charge in [-0.05, 0) is 62.1 Å². The summed E-state index contributed by atoms with van der Waals surface area (Å²) in [6, 6.07) is 7.05. The van der Waals surface area contributed by atoms with Crippen molar-refractivity contribution in [2.75, 3.05) is 24.7 Å². The van der Waals surface area contributed by atoms with E-state index >= 15 is 0 Å². The number of benzene rings is 1. The molecular formula is C23H26ClN3O3S. The number of ether oxygens (including phenoxy) is 1. The molecule has 0 aliphatic heterocycles. The van der Waals surface area contributed by atoms with Gasteiger partial charge in [-0.1, -0.05) is 18.5 Å². The van der Waals surface area contributed by atoms with E-state index in [1.165, 1.54) is 24.6 Å². The van der Waals surface area contributed by atoms with E-state index < -0.39 is 0 Å². The molecule has 1 aliphatic carbocycles. The van der Waals surface area contributed by atoms with Gasteiger partial charge in [0.15, 0.2) is 5.43 Å². The highest BCUT2D eigenvalue weighted by Gasteiger charge is 2.25. The molecule has 0 amide bonds. The predicted octanol–water partition coefficient (Wildman–Crippen LogP) is 4.95. The number of nitrogens with zero attached hydrogens (tertiary/aromatic N) is 2. The fourth-order valence-corrected chi connectivity index (χ4v) is 5.41. The number of hydrogen-bond donors (Lipinski definition) is 1. The number of anilines is 1. The molecule has 31 heavy (non-hydrogen) atoms. The molecular weight excluding hydrogens is 434 g/mol. The zero-order valence-electron chi connectivity index (χ0n) is 17.9. The van der Waals surface area contributed by atoms with Crippen LogP contribution in [-0.4, -0.2) is 34.9 Å². The number of fused-ring (bicyclic) bond motifs is 2. The summed E-state index contributed by atoms with van der Waals surface area (Å²) in [6.45, 7) is 5.11. The van der Waals surface area contributed by atoms with Crippen molar-refractivity contribution in [1.82, 2.24) is 9.55 Å². The first-order valence-corrected chi connectivity index (χ1v) is 12.1. The maximum absolute atomic E-state index is 13.3.